The Kier molecular flexibility index (Phi) is 4.65. The van der Waals surface area contributed by atoms with Crippen LogP contribution in [0.4, 0.5) is 0 Å². The molecule has 1 aromatic carbocycles. The standard InChI is InChI=1S/C20H23NO6/c1-10-14(22)6-7-15-16(27-15)9-26-12-4-2-11(3-5-12)8-13-19(24)17(18(10)23)20(25)21-13/h2-5,10,13-16,22-23H,6-9H2,1H3,(H,21,25)/t10-,13+,14?,15+,16+/m0/s1. The monoisotopic (exact) mass is 373 g/mol. The van der Waals surface area contributed by atoms with Crippen molar-refractivity contribution in [3.63, 3.8) is 0 Å². The minimum absolute atomic E-state index is 0.00168. The number of ether oxygens (including phenoxy) is 2. The van der Waals surface area contributed by atoms with Gasteiger partial charge in [-0.3, -0.25) is 9.59 Å². The number of aliphatic hydroxyl groups is 2. The number of nitrogens with one attached hydrogen (secondary N) is 1. The van der Waals surface area contributed by atoms with E-state index in [2.05, 4.69) is 5.32 Å². The number of aliphatic hydroxyl groups excluding tert-OH is 2. The van der Waals surface area contributed by atoms with Crippen molar-refractivity contribution in [2.75, 3.05) is 6.61 Å². The molecule has 2 saturated heterocycles. The Morgan fingerprint density at radius 2 is 1.85 bits per heavy atom. The van der Waals surface area contributed by atoms with E-state index < -0.39 is 29.8 Å². The Bertz CT molecular complexity index is 786. The van der Waals surface area contributed by atoms with Gasteiger partial charge in [-0.15, -0.1) is 0 Å². The van der Waals surface area contributed by atoms with Gasteiger partial charge in [0.25, 0.3) is 5.91 Å². The molecule has 4 heterocycles. The van der Waals surface area contributed by atoms with Crippen LogP contribution in [0, 0.1) is 5.92 Å². The molecule has 4 aliphatic heterocycles. The smallest absolute Gasteiger partial charge is 0.259 e. The fraction of sp³-hybridized carbons (Fsp3) is 0.500. The molecule has 4 aliphatic rings. The number of carbonyl (C=O) groups is 2. The number of fused-ring (bicyclic) bond motifs is 7. The van der Waals surface area contributed by atoms with Crippen LogP contribution in [0.15, 0.2) is 35.6 Å². The average molecular weight is 373 g/mol. The Morgan fingerprint density at radius 3 is 2.59 bits per heavy atom. The number of amides is 1. The van der Waals surface area contributed by atoms with Crippen LogP contribution in [-0.4, -0.2) is 52.9 Å². The molecular weight excluding hydrogens is 350 g/mol. The fourth-order valence-corrected chi connectivity index (χ4v) is 3.68. The highest BCUT2D eigenvalue weighted by molar-refractivity contribution is 6.27. The van der Waals surface area contributed by atoms with E-state index in [-0.39, 0.29) is 23.5 Å². The molecule has 7 nitrogen and oxygen atoms in total. The lowest BCUT2D eigenvalue weighted by atomic mass is 9.92. The van der Waals surface area contributed by atoms with Gasteiger partial charge in [0.2, 0.25) is 0 Å². The van der Waals surface area contributed by atoms with Crippen LogP contribution in [0.25, 0.3) is 0 Å². The third kappa shape index (κ3) is 3.57. The first-order chi connectivity index (χ1) is 12.9. The van der Waals surface area contributed by atoms with Crippen molar-refractivity contribution in [1.82, 2.24) is 5.32 Å². The van der Waals surface area contributed by atoms with Crippen molar-refractivity contribution in [3.8, 4) is 5.75 Å². The van der Waals surface area contributed by atoms with Crippen LogP contribution >= 0.6 is 0 Å². The summed E-state index contributed by atoms with van der Waals surface area (Å²) >= 11 is 0. The first-order valence-corrected chi connectivity index (χ1v) is 9.27. The number of hydrogen-bond acceptors (Lipinski definition) is 6. The molecule has 4 bridgehead atoms. The predicted octanol–water partition coefficient (Wildman–Crippen LogP) is 1.05. The first-order valence-electron chi connectivity index (χ1n) is 9.27. The van der Waals surface area contributed by atoms with Gasteiger partial charge in [-0.1, -0.05) is 19.1 Å². The normalized spacial score (nSPS) is 33.9. The van der Waals surface area contributed by atoms with Gasteiger partial charge < -0.3 is 25.0 Å². The Hall–Kier alpha value is -2.38. The molecule has 7 heteroatoms. The Balaban J connectivity index is 1.63. The van der Waals surface area contributed by atoms with E-state index in [1.165, 1.54) is 0 Å². The van der Waals surface area contributed by atoms with Crippen molar-refractivity contribution >= 4 is 11.7 Å². The average Bonchev–Trinajstić information content (AvgIpc) is 3.35. The molecule has 27 heavy (non-hydrogen) atoms. The SMILES string of the molecule is C[C@@H]1C(O)=C2C(=O)N[C@H](Cc3ccc(cc3)OC[C@H]3O[C@@H]3CCC1O)C2=O. The molecule has 1 amide bonds. The van der Waals surface area contributed by atoms with Crippen LogP contribution in [0.1, 0.15) is 25.3 Å². The molecule has 2 fully saturated rings. The topological polar surface area (TPSA) is 108 Å². The lowest BCUT2D eigenvalue weighted by Crippen LogP contribution is -2.31. The summed E-state index contributed by atoms with van der Waals surface area (Å²) in [6.07, 6.45) is 0.473. The first kappa shape index (κ1) is 18.0. The molecule has 0 radical (unpaired) electrons. The third-order valence-corrected chi connectivity index (χ3v) is 5.57. The summed E-state index contributed by atoms with van der Waals surface area (Å²) in [5.74, 6) is -1.37. The summed E-state index contributed by atoms with van der Waals surface area (Å²) in [6.45, 7) is 2.06. The van der Waals surface area contributed by atoms with Crippen LogP contribution in [0.2, 0.25) is 0 Å². The molecular formula is C20H23NO6. The van der Waals surface area contributed by atoms with Gasteiger partial charge in [0.15, 0.2) is 5.78 Å². The van der Waals surface area contributed by atoms with Crippen molar-refractivity contribution in [2.24, 2.45) is 5.92 Å². The van der Waals surface area contributed by atoms with Crippen molar-refractivity contribution in [3.05, 3.63) is 41.2 Å². The zero-order valence-corrected chi connectivity index (χ0v) is 15.1. The van der Waals surface area contributed by atoms with E-state index in [1.807, 2.05) is 24.3 Å². The number of carbonyl (C=O) groups excluding carboxylic acids is 2. The number of epoxide rings is 1. The maximum absolute atomic E-state index is 12.7. The van der Waals surface area contributed by atoms with Gasteiger partial charge in [-0.05, 0) is 30.5 Å². The van der Waals surface area contributed by atoms with E-state index in [9.17, 15) is 19.8 Å². The highest BCUT2D eigenvalue weighted by Crippen LogP contribution is 2.31. The molecule has 5 rings (SSSR count). The molecule has 0 saturated carbocycles. The van der Waals surface area contributed by atoms with Gasteiger partial charge in [0, 0.05) is 12.3 Å². The summed E-state index contributed by atoms with van der Waals surface area (Å²) in [5, 5.41) is 23.5. The van der Waals surface area contributed by atoms with Gasteiger partial charge in [0.05, 0.1) is 18.2 Å². The molecule has 1 aromatic rings. The summed E-state index contributed by atoms with van der Waals surface area (Å²) < 4.78 is 11.3. The summed E-state index contributed by atoms with van der Waals surface area (Å²) in [6, 6.07) is 6.64. The van der Waals surface area contributed by atoms with E-state index in [0.717, 1.165) is 5.56 Å². The van der Waals surface area contributed by atoms with Crippen LogP contribution in [-0.2, 0) is 20.7 Å². The Labute approximate surface area is 157 Å². The quantitative estimate of drug-likeness (QED) is 0.463. The number of ketones is 1. The van der Waals surface area contributed by atoms with E-state index in [0.29, 0.717) is 31.6 Å². The summed E-state index contributed by atoms with van der Waals surface area (Å²) in [7, 11) is 0. The molecule has 3 N–H and O–H groups in total. The van der Waals surface area contributed by atoms with Gasteiger partial charge in [0.1, 0.15) is 29.8 Å². The summed E-state index contributed by atoms with van der Waals surface area (Å²) in [5.41, 5.74) is 0.635. The largest absolute Gasteiger partial charge is 0.511 e. The second-order valence-electron chi connectivity index (χ2n) is 7.46. The molecule has 0 aliphatic carbocycles. The lowest BCUT2D eigenvalue weighted by Gasteiger charge is -2.18. The van der Waals surface area contributed by atoms with Crippen molar-refractivity contribution < 1.29 is 29.3 Å². The zero-order chi connectivity index (χ0) is 19.1. The number of Topliss-reactive ketones (excluding diaryl/α,β-unsaturated/α-hetero) is 1. The zero-order valence-electron chi connectivity index (χ0n) is 15.1. The summed E-state index contributed by atoms with van der Waals surface area (Å²) in [4.78, 5) is 24.9. The molecule has 0 spiro atoms. The number of benzene rings is 1. The van der Waals surface area contributed by atoms with E-state index >= 15 is 0 Å². The van der Waals surface area contributed by atoms with Gasteiger partial charge in [-0.2, -0.15) is 0 Å². The highest BCUT2D eigenvalue weighted by Gasteiger charge is 2.42. The minimum Gasteiger partial charge on any atom is -0.511 e. The van der Waals surface area contributed by atoms with Gasteiger partial charge >= 0.3 is 0 Å². The molecule has 0 aromatic heterocycles. The highest BCUT2D eigenvalue weighted by atomic mass is 16.6. The van der Waals surface area contributed by atoms with Gasteiger partial charge in [-0.25, -0.2) is 0 Å². The number of rotatable bonds is 0. The third-order valence-electron chi connectivity index (χ3n) is 5.57. The maximum Gasteiger partial charge on any atom is 0.259 e. The van der Waals surface area contributed by atoms with E-state index in [1.54, 1.807) is 6.92 Å². The molecule has 1 unspecified atom stereocenters. The predicted molar refractivity (Wildman–Crippen MR) is 95.3 cm³/mol. The van der Waals surface area contributed by atoms with Crippen LogP contribution < -0.4 is 10.1 Å². The maximum atomic E-state index is 12.7. The van der Waals surface area contributed by atoms with E-state index in [4.69, 9.17) is 9.47 Å². The number of hydrogen-bond donors (Lipinski definition) is 3. The van der Waals surface area contributed by atoms with Crippen molar-refractivity contribution in [2.45, 2.75) is 50.5 Å². The molecule has 5 atom stereocenters. The fourth-order valence-electron chi connectivity index (χ4n) is 3.68. The minimum atomic E-state index is -0.873. The van der Waals surface area contributed by atoms with Crippen LogP contribution in [0.3, 0.4) is 0 Å². The molecule has 144 valence electrons. The second-order valence-corrected chi connectivity index (χ2v) is 7.46. The Morgan fingerprint density at radius 1 is 1.11 bits per heavy atom. The van der Waals surface area contributed by atoms with Crippen molar-refractivity contribution in [1.29, 1.82) is 0 Å². The lowest BCUT2D eigenvalue weighted by molar-refractivity contribution is -0.117. The second kappa shape index (κ2) is 6.98. The van der Waals surface area contributed by atoms with Crippen LogP contribution in [0.5, 0.6) is 5.75 Å².